The van der Waals surface area contributed by atoms with Gasteiger partial charge in [0.1, 0.15) is 0 Å². The number of nitrogens with zero attached hydrogens (tertiary/aromatic N) is 2. The molecule has 0 radical (unpaired) electrons. The first-order valence-corrected chi connectivity index (χ1v) is 8.72. The standard InChI is InChI=1S/C16H29N3S/c1-11(2)10-19-8-6-5-7-15(19)14(9-17)16-18-12(3)13(4)20-16/h11,14-15H,5-10,17H2,1-4H3. The lowest BCUT2D eigenvalue weighted by Gasteiger charge is -2.40. The predicted octanol–water partition coefficient (Wildman–Crippen LogP) is 3.31. The summed E-state index contributed by atoms with van der Waals surface area (Å²) in [5.74, 6) is 1.13. The number of piperidine rings is 1. The van der Waals surface area contributed by atoms with Gasteiger partial charge in [0.2, 0.25) is 0 Å². The van der Waals surface area contributed by atoms with E-state index in [4.69, 9.17) is 10.7 Å². The summed E-state index contributed by atoms with van der Waals surface area (Å²) in [4.78, 5) is 8.78. The Morgan fingerprint density at radius 3 is 2.65 bits per heavy atom. The molecule has 1 fully saturated rings. The molecule has 0 aliphatic carbocycles. The van der Waals surface area contributed by atoms with Crippen molar-refractivity contribution in [3.8, 4) is 0 Å². The molecule has 2 heterocycles. The average molecular weight is 295 g/mol. The molecule has 2 atom stereocenters. The summed E-state index contributed by atoms with van der Waals surface area (Å²) in [6.07, 6.45) is 3.93. The number of hydrogen-bond donors (Lipinski definition) is 1. The molecular formula is C16H29N3S. The van der Waals surface area contributed by atoms with Crippen molar-refractivity contribution in [3.05, 3.63) is 15.6 Å². The van der Waals surface area contributed by atoms with E-state index in [0.717, 1.165) is 0 Å². The van der Waals surface area contributed by atoms with Crippen molar-refractivity contribution in [2.45, 2.75) is 58.9 Å². The Balaban J connectivity index is 2.19. The fourth-order valence-corrected chi connectivity index (χ4v) is 4.34. The van der Waals surface area contributed by atoms with Crippen LogP contribution in [0, 0.1) is 19.8 Å². The van der Waals surface area contributed by atoms with Crippen molar-refractivity contribution < 1.29 is 0 Å². The average Bonchev–Trinajstić information content (AvgIpc) is 2.72. The summed E-state index contributed by atoms with van der Waals surface area (Å²) < 4.78 is 0. The van der Waals surface area contributed by atoms with Gasteiger partial charge < -0.3 is 5.73 Å². The lowest BCUT2D eigenvalue weighted by atomic mass is 9.90. The van der Waals surface area contributed by atoms with E-state index in [0.29, 0.717) is 24.4 Å². The maximum Gasteiger partial charge on any atom is 0.0990 e. The number of thiazole rings is 1. The van der Waals surface area contributed by atoms with E-state index in [1.54, 1.807) is 0 Å². The second kappa shape index (κ2) is 7.01. The molecule has 2 unspecified atom stereocenters. The Kier molecular flexibility index (Phi) is 5.58. The van der Waals surface area contributed by atoms with E-state index < -0.39 is 0 Å². The maximum absolute atomic E-state index is 6.13. The Morgan fingerprint density at radius 2 is 2.10 bits per heavy atom. The van der Waals surface area contributed by atoms with Crippen LogP contribution in [-0.4, -0.2) is 35.6 Å². The molecule has 0 spiro atoms. The van der Waals surface area contributed by atoms with Gasteiger partial charge in [0, 0.05) is 29.9 Å². The van der Waals surface area contributed by atoms with Gasteiger partial charge in [-0.25, -0.2) is 4.98 Å². The van der Waals surface area contributed by atoms with E-state index in [1.165, 1.54) is 47.9 Å². The lowest BCUT2D eigenvalue weighted by molar-refractivity contribution is 0.112. The zero-order chi connectivity index (χ0) is 14.7. The molecule has 0 saturated carbocycles. The first-order chi connectivity index (χ1) is 9.52. The number of hydrogen-bond acceptors (Lipinski definition) is 4. The molecule has 1 aromatic heterocycles. The lowest BCUT2D eigenvalue weighted by Crippen LogP contribution is -2.46. The minimum atomic E-state index is 0.409. The highest BCUT2D eigenvalue weighted by molar-refractivity contribution is 7.11. The van der Waals surface area contributed by atoms with Crippen molar-refractivity contribution in [1.82, 2.24) is 9.88 Å². The minimum Gasteiger partial charge on any atom is -0.330 e. The van der Waals surface area contributed by atoms with Crippen molar-refractivity contribution >= 4 is 11.3 Å². The molecule has 1 aliphatic heterocycles. The first-order valence-electron chi connectivity index (χ1n) is 7.91. The van der Waals surface area contributed by atoms with Crippen LogP contribution in [0.3, 0.4) is 0 Å². The van der Waals surface area contributed by atoms with Crippen LogP contribution in [0.4, 0.5) is 0 Å². The van der Waals surface area contributed by atoms with Crippen LogP contribution in [-0.2, 0) is 0 Å². The van der Waals surface area contributed by atoms with Crippen LogP contribution >= 0.6 is 11.3 Å². The van der Waals surface area contributed by atoms with E-state index in [2.05, 4.69) is 32.6 Å². The summed E-state index contributed by atoms with van der Waals surface area (Å²) in [6, 6.07) is 0.584. The monoisotopic (exact) mass is 295 g/mol. The van der Waals surface area contributed by atoms with Gasteiger partial charge in [-0.15, -0.1) is 11.3 Å². The number of nitrogens with two attached hydrogens (primary N) is 1. The normalized spacial score (nSPS) is 22.4. The van der Waals surface area contributed by atoms with Gasteiger partial charge >= 0.3 is 0 Å². The Morgan fingerprint density at radius 1 is 1.35 bits per heavy atom. The zero-order valence-corrected chi connectivity index (χ0v) is 14.2. The number of likely N-dealkylation sites (tertiary alicyclic amines) is 1. The van der Waals surface area contributed by atoms with Gasteiger partial charge in [0.15, 0.2) is 0 Å². The van der Waals surface area contributed by atoms with E-state index in [9.17, 15) is 0 Å². The number of aryl methyl sites for hydroxylation is 2. The molecule has 1 aliphatic rings. The molecule has 0 aromatic carbocycles. The Hall–Kier alpha value is -0.450. The third-order valence-corrected chi connectivity index (χ3v) is 5.55. The second-order valence-electron chi connectivity index (χ2n) is 6.49. The van der Waals surface area contributed by atoms with Crippen LogP contribution in [0.25, 0.3) is 0 Å². The fourth-order valence-electron chi connectivity index (χ4n) is 3.25. The molecule has 2 N–H and O–H groups in total. The van der Waals surface area contributed by atoms with Gasteiger partial charge in [-0.05, 0) is 39.2 Å². The van der Waals surface area contributed by atoms with Crippen LogP contribution in [0.1, 0.15) is 54.6 Å². The Labute approximate surface area is 127 Å². The third kappa shape index (κ3) is 3.60. The van der Waals surface area contributed by atoms with Gasteiger partial charge in [-0.1, -0.05) is 20.3 Å². The highest BCUT2D eigenvalue weighted by Gasteiger charge is 2.32. The van der Waals surface area contributed by atoms with Gasteiger partial charge in [0.25, 0.3) is 0 Å². The van der Waals surface area contributed by atoms with E-state index in [1.807, 2.05) is 11.3 Å². The van der Waals surface area contributed by atoms with Crippen LogP contribution < -0.4 is 5.73 Å². The van der Waals surface area contributed by atoms with E-state index in [-0.39, 0.29) is 0 Å². The SMILES string of the molecule is Cc1nc(C(CN)C2CCCCN2CC(C)C)sc1C. The second-order valence-corrected chi connectivity index (χ2v) is 7.72. The van der Waals surface area contributed by atoms with Crippen molar-refractivity contribution in [2.24, 2.45) is 11.7 Å². The van der Waals surface area contributed by atoms with Crippen LogP contribution in [0.5, 0.6) is 0 Å². The molecule has 1 saturated heterocycles. The predicted molar refractivity (Wildman–Crippen MR) is 87.4 cm³/mol. The van der Waals surface area contributed by atoms with Crippen molar-refractivity contribution in [3.63, 3.8) is 0 Å². The molecule has 20 heavy (non-hydrogen) atoms. The van der Waals surface area contributed by atoms with Crippen LogP contribution in [0.2, 0.25) is 0 Å². The summed E-state index contributed by atoms with van der Waals surface area (Å²) in [6.45, 7) is 12.0. The summed E-state index contributed by atoms with van der Waals surface area (Å²) >= 11 is 1.84. The third-order valence-electron chi connectivity index (χ3n) is 4.34. The molecule has 1 aromatic rings. The zero-order valence-electron chi connectivity index (χ0n) is 13.4. The summed E-state index contributed by atoms with van der Waals surface area (Å²) in [5, 5.41) is 1.25. The smallest absolute Gasteiger partial charge is 0.0990 e. The van der Waals surface area contributed by atoms with Crippen molar-refractivity contribution in [1.29, 1.82) is 0 Å². The molecule has 3 nitrogen and oxygen atoms in total. The fraction of sp³-hybridized carbons (Fsp3) is 0.812. The largest absolute Gasteiger partial charge is 0.330 e. The van der Waals surface area contributed by atoms with Crippen LogP contribution in [0.15, 0.2) is 0 Å². The van der Waals surface area contributed by atoms with Crippen molar-refractivity contribution in [2.75, 3.05) is 19.6 Å². The molecule has 2 rings (SSSR count). The molecule has 0 bridgehead atoms. The molecule has 4 heteroatoms. The minimum absolute atomic E-state index is 0.409. The van der Waals surface area contributed by atoms with E-state index >= 15 is 0 Å². The highest BCUT2D eigenvalue weighted by Crippen LogP contribution is 2.33. The molecule has 0 amide bonds. The summed E-state index contributed by atoms with van der Waals surface area (Å²) in [5.41, 5.74) is 7.30. The van der Waals surface area contributed by atoms with Gasteiger partial charge in [-0.2, -0.15) is 0 Å². The topological polar surface area (TPSA) is 42.1 Å². The quantitative estimate of drug-likeness (QED) is 0.906. The maximum atomic E-state index is 6.13. The molecular weight excluding hydrogens is 266 g/mol. The summed E-state index contributed by atoms with van der Waals surface area (Å²) in [7, 11) is 0. The molecule has 114 valence electrons. The highest BCUT2D eigenvalue weighted by atomic mass is 32.1. The Bertz CT molecular complexity index is 408. The van der Waals surface area contributed by atoms with Gasteiger partial charge in [0.05, 0.1) is 10.7 Å². The van der Waals surface area contributed by atoms with Gasteiger partial charge in [-0.3, -0.25) is 4.90 Å². The number of rotatable bonds is 5. The first kappa shape index (κ1) is 15.9. The number of aromatic nitrogens is 1.